The van der Waals surface area contributed by atoms with Crippen molar-refractivity contribution in [3.05, 3.63) is 65.9 Å². The Morgan fingerprint density at radius 2 is 1.97 bits per heavy atom. The van der Waals surface area contributed by atoms with Crippen molar-refractivity contribution in [1.29, 1.82) is 0 Å². The van der Waals surface area contributed by atoms with Crippen LogP contribution in [0, 0.1) is 0 Å². The maximum absolute atomic E-state index is 13.1. The van der Waals surface area contributed by atoms with E-state index in [-0.39, 0.29) is 18.4 Å². The van der Waals surface area contributed by atoms with Crippen molar-refractivity contribution < 1.29 is 19.4 Å². The molecule has 150 valence electrons. The first-order valence-corrected chi connectivity index (χ1v) is 9.52. The molecule has 2 aromatic carbocycles. The summed E-state index contributed by atoms with van der Waals surface area (Å²) < 4.78 is 5.74. The first-order chi connectivity index (χ1) is 13.9. The van der Waals surface area contributed by atoms with E-state index in [0.29, 0.717) is 13.0 Å². The van der Waals surface area contributed by atoms with Crippen LogP contribution in [0.1, 0.15) is 18.1 Å². The van der Waals surface area contributed by atoms with Gasteiger partial charge < -0.3 is 25.5 Å². The third-order valence-electron chi connectivity index (χ3n) is 5.32. The Bertz CT molecular complexity index is 1060. The number of para-hydroxylation sites is 2. The molecule has 1 aromatic heterocycles. The Morgan fingerprint density at radius 1 is 1.21 bits per heavy atom. The lowest BCUT2D eigenvalue weighted by molar-refractivity contribution is -0.127. The molecule has 2 unspecified atom stereocenters. The number of carbonyl (C=O) groups is 2. The minimum Gasteiger partial charge on any atom is -0.491 e. The minimum absolute atomic E-state index is 0.222. The molecular formula is C22H23N3O4. The summed E-state index contributed by atoms with van der Waals surface area (Å²) in [6.07, 6.45) is 1.43. The second-order valence-electron chi connectivity index (χ2n) is 7.59. The average molecular weight is 393 g/mol. The standard InChI is InChI=1S/C22H23N3O4/c1-22(25-21(27)28,11-15-12-23-18-8-4-3-7-17(15)18)20(26)24-16-10-14-6-2-5-9-19(14)29-13-16/h2-9,12,16,23,25H,10-11,13H2,1H3,(H,24,26)(H,27,28). The highest BCUT2D eigenvalue weighted by Gasteiger charge is 2.37. The molecule has 0 fully saturated rings. The molecule has 0 saturated heterocycles. The Hall–Kier alpha value is -3.48. The number of carbonyl (C=O) groups excluding carboxylic acids is 1. The molecule has 2 amide bonds. The largest absolute Gasteiger partial charge is 0.491 e. The minimum atomic E-state index is -1.33. The molecule has 2 heterocycles. The van der Waals surface area contributed by atoms with E-state index in [2.05, 4.69) is 15.6 Å². The lowest BCUT2D eigenvalue weighted by atomic mass is 9.90. The van der Waals surface area contributed by atoms with Crippen LogP contribution in [0.5, 0.6) is 5.75 Å². The van der Waals surface area contributed by atoms with E-state index in [4.69, 9.17) is 4.74 Å². The molecule has 4 rings (SSSR count). The predicted octanol–water partition coefficient (Wildman–Crippen LogP) is 2.86. The zero-order chi connectivity index (χ0) is 20.4. The van der Waals surface area contributed by atoms with Crippen LogP contribution in [0.3, 0.4) is 0 Å². The van der Waals surface area contributed by atoms with Crippen molar-refractivity contribution in [3.8, 4) is 5.75 Å². The van der Waals surface area contributed by atoms with Crippen molar-refractivity contribution in [2.45, 2.75) is 31.3 Å². The third-order valence-corrected chi connectivity index (χ3v) is 5.32. The number of carboxylic acid groups (broad SMARTS) is 1. The lowest BCUT2D eigenvalue weighted by Crippen LogP contribution is -2.60. The van der Waals surface area contributed by atoms with E-state index >= 15 is 0 Å². The molecule has 3 aromatic rings. The average Bonchev–Trinajstić information content (AvgIpc) is 3.10. The summed E-state index contributed by atoms with van der Waals surface area (Å²) in [5, 5.41) is 15.7. The zero-order valence-corrected chi connectivity index (χ0v) is 16.1. The summed E-state index contributed by atoms with van der Waals surface area (Å²) in [6.45, 7) is 1.95. The Balaban J connectivity index is 1.54. The van der Waals surface area contributed by atoms with Crippen LogP contribution in [-0.4, -0.2) is 40.3 Å². The second-order valence-corrected chi connectivity index (χ2v) is 7.59. The highest BCUT2D eigenvalue weighted by Crippen LogP contribution is 2.26. The monoisotopic (exact) mass is 393 g/mol. The maximum atomic E-state index is 13.1. The number of aromatic nitrogens is 1. The van der Waals surface area contributed by atoms with Crippen LogP contribution in [0.15, 0.2) is 54.7 Å². The summed E-state index contributed by atoms with van der Waals surface area (Å²) in [5.74, 6) is 0.446. The number of hydrogen-bond donors (Lipinski definition) is 4. The number of aromatic amines is 1. The summed E-state index contributed by atoms with van der Waals surface area (Å²) in [5.41, 5.74) is 1.51. The predicted molar refractivity (Wildman–Crippen MR) is 109 cm³/mol. The number of hydrogen-bond acceptors (Lipinski definition) is 3. The fraction of sp³-hybridized carbons (Fsp3) is 0.273. The number of H-pyrrole nitrogens is 1. The van der Waals surface area contributed by atoms with E-state index < -0.39 is 11.6 Å². The molecule has 0 aliphatic carbocycles. The van der Waals surface area contributed by atoms with E-state index in [1.54, 1.807) is 6.92 Å². The van der Waals surface area contributed by atoms with Gasteiger partial charge in [-0.3, -0.25) is 4.79 Å². The van der Waals surface area contributed by atoms with Crippen LogP contribution in [-0.2, 0) is 17.6 Å². The van der Waals surface area contributed by atoms with Gasteiger partial charge in [-0.05, 0) is 36.6 Å². The Morgan fingerprint density at radius 3 is 2.79 bits per heavy atom. The van der Waals surface area contributed by atoms with Gasteiger partial charge in [0.25, 0.3) is 0 Å². The van der Waals surface area contributed by atoms with Gasteiger partial charge in [0.1, 0.15) is 17.9 Å². The number of ether oxygens (including phenoxy) is 1. The number of fused-ring (bicyclic) bond motifs is 2. The van der Waals surface area contributed by atoms with Crippen molar-refractivity contribution in [3.63, 3.8) is 0 Å². The second kappa shape index (κ2) is 7.50. The fourth-order valence-corrected chi connectivity index (χ4v) is 3.84. The van der Waals surface area contributed by atoms with E-state index in [1.807, 2.05) is 54.7 Å². The summed E-state index contributed by atoms with van der Waals surface area (Å²) in [7, 11) is 0. The van der Waals surface area contributed by atoms with Gasteiger partial charge in [0.05, 0.1) is 6.04 Å². The lowest BCUT2D eigenvalue weighted by Gasteiger charge is -2.32. The number of nitrogens with one attached hydrogen (secondary N) is 3. The maximum Gasteiger partial charge on any atom is 0.405 e. The molecule has 2 atom stereocenters. The molecule has 29 heavy (non-hydrogen) atoms. The molecule has 0 radical (unpaired) electrons. The third kappa shape index (κ3) is 3.89. The smallest absolute Gasteiger partial charge is 0.405 e. The molecule has 0 spiro atoms. The van der Waals surface area contributed by atoms with Crippen LogP contribution < -0.4 is 15.4 Å². The van der Waals surface area contributed by atoms with Crippen LogP contribution in [0.4, 0.5) is 4.79 Å². The van der Waals surface area contributed by atoms with Crippen LogP contribution >= 0.6 is 0 Å². The van der Waals surface area contributed by atoms with Crippen molar-refractivity contribution in [1.82, 2.24) is 15.6 Å². The van der Waals surface area contributed by atoms with Gasteiger partial charge in [-0.25, -0.2) is 4.79 Å². The van der Waals surface area contributed by atoms with Crippen LogP contribution in [0.25, 0.3) is 10.9 Å². The Kier molecular flexibility index (Phi) is 4.88. The van der Waals surface area contributed by atoms with Gasteiger partial charge in [0.15, 0.2) is 0 Å². The molecule has 1 aliphatic heterocycles. The van der Waals surface area contributed by atoms with Crippen molar-refractivity contribution >= 4 is 22.9 Å². The van der Waals surface area contributed by atoms with Gasteiger partial charge in [-0.2, -0.15) is 0 Å². The summed E-state index contributed by atoms with van der Waals surface area (Å²) in [4.78, 5) is 27.8. The highest BCUT2D eigenvalue weighted by atomic mass is 16.5. The molecule has 0 saturated carbocycles. The zero-order valence-electron chi connectivity index (χ0n) is 16.1. The molecule has 0 bridgehead atoms. The molecule has 7 heteroatoms. The van der Waals surface area contributed by atoms with Crippen molar-refractivity contribution in [2.75, 3.05) is 6.61 Å². The molecule has 7 nitrogen and oxygen atoms in total. The quantitative estimate of drug-likeness (QED) is 0.535. The number of amides is 2. The van der Waals surface area contributed by atoms with Crippen LogP contribution in [0.2, 0.25) is 0 Å². The summed E-state index contributed by atoms with van der Waals surface area (Å²) >= 11 is 0. The Labute approximate surface area is 168 Å². The molecule has 1 aliphatic rings. The van der Waals surface area contributed by atoms with E-state index in [0.717, 1.165) is 27.8 Å². The van der Waals surface area contributed by atoms with Gasteiger partial charge in [0.2, 0.25) is 5.91 Å². The molecular weight excluding hydrogens is 370 g/mol. The van der Waals surface area contributed by atoms with E-state index in [9.17, 15) is 14.7 Å². The molecule has 4 N–H and O–H groups in total. The first kappa shape index (κ1) is 18.9. The fourth-order valence-electron chi connectivity index (χ4n) is 3.84. The summed E-state index contributed by atoms with van der Waals surface area (Å²) in [6, 6.07) is 15.2. The van der Waals surface area contributed by atoms with Crippen molar-refractivity contribution in [2.24, 2.45) is 0 Å². The first-order valence-electron chi connectivity index (χ1n) is 9.52. The van der Waals surface area contributed by atoms with Gasteiger partial charge >= 0.3 is 6.09 Å². The number of rotatable bonds is 5. The van der Waals surface area contributed by atoms with Gasteiger partial charge in [-0.1, -0.05) is 36.4 Å². The number of benzene rings is 2. The highest BCUT2D eigenvalue weighted by molar-refractivity contribution is 5.91. The van der Waals surface area contributed by atoms with Gasteiger partial charge in [0, 0.05) is 23.5 Å². The SMILES string of the molecule is CC(Cc1c[nH]c2ccccc12)(NC(=O)O)C(=O)NC1COc2ccccc2C1. The normalized spacial score (nSPS) is 17.6. The van der Waals surface area contributed by atoms with E-state index in [1.165, 1.54) is 0 Å². The van der Waals surface area contributed by atoms with Gasteiger partial charge in [-0.15, -0.1) is 0 Å². The topological polar surface area (TPSA) is 103 Å².